The summed E-state index contributed by atoms with van der Waals surface area (Å²) in [4.78, 5) is 37.1. The Labute approximate surface area is 400 Å². The molecule has 0 bridgehead atoms. The molecule has 376 valence electrons. The average Bonchev–Trinajstić information content (AvgIpc) is 3.27. The quantitative estimate of drug-likeness (QED) is 0.0259. The van der Waals surface area contributed by atoms with Gasteiger partial charge in [0.15, 0.2) is 6.10 Å². The number of quaternary nitrogens is 1. The van der Waals surface area contributed by atoms with Gasteiger partial charge in [0.25, 0.3) is 0 Å². The van der Waals surface area contributed by atoms with Crippen LogP contribution in [0.2, 0.25) is 0 Å². The predicted octanol–water partition coefficient (Wildman–Crippen LogP) is 14.4. The van der Waals surface area contributed by atoms with Crippen molar-refractivity contribution in [3.05, 3.63) is 60.8 Å². The highest BCUT2D eigenvalue weighted by Gasteiger charge is 2.25. The van der Waals surface area contributed by atoms with Gasteiger partial charge in [0.2, 0.25) is 0 Å². The molecule has 8 heteroatoms. The zero-order valence-corrected chi connectivity index (χ0v) is 42.9. The average molecular weight is 912 g/mol. The van der Waals surface area contributed by atoms with E-state index in [-0.39, 0.29) is 42.7 Å². The van der Waals surface area contributed by atoms with E-state index in [1.54, 1.807) is 21.1 Å². The van der Waals surface area contributed by atoms with Crippen molar-refractivity contribution in [2.75, 3.05) is 41.0 Å². The summed E-state index contributed by atoms with van der Waals surface area (Å²) in [5.74, 6) is -1.74. The molecular weight excluding hydrogens is 811 g/mol. The number of likely N-dealkylation sites (N-methyl/N-ethyl adjacent to an activating group) is 1. The molecule has 0 radical (unpaired) electrons. The molecule has 65 heavy (non-hydrogen) atoms. The van der Waals surface area contributed by atoms with Crippen LogP contribution in [0.5, 0.6) is 0 Å². The maximum Gasteiger partial charge on any atom is 0.306 e. The second-order valence-electron chi connectivity index (χ2n) is 19.1. The number of carbonyl (C=O) groups is 3. The molecule has 0 aliphatic rings. The standard InChI is InChI=1S/C57H101NO7/c1-6-8-10-12-14-16-18-20-22-24-26-27-28-30-31-33-35-37-39-41-43-45-47-55(59)64-52-53(51-63-50-49-54(57(61)62)58(3,4)5)65-56(60)48-46-44-42-40-38-36-34-32-29-25-23-21-19-17-15-13-11-9-7-2/h8,10,14,16,20,22,26-27,30-31,53-54H,6-7,9,11-13,15,17-19,21,23-25,28-29,32-52H2,1-5H3/b10-8+,16-14+,22-20+,27-26+,31-30+. The largest absolute Gasteiger partial charge is 0.544 e. The number of carbonyl (C=O) groups excluding carboxylic acids is 3. The first-order valence-corrected chi connectivity index (χ1v) is 26.8. The van der Waals surface area contributed by atoms with Crippen LogP contribution >= 0.6 is 0 Å². The monoisotopic (exact) mass is 912 g/mol. The third kappa shape index (κ3) is 46.0. The molecule has 0 N–H and O–H groups in total. The fraction of sp³-hybridized carbons (Fsp3) is 0.772. The Morgan fingerprint density at radius 1 is 0.477 bits per heavy atom. The summed E-state index contributed by atoms with van der Waals surface area (Å²) in [6.45, 7) is 4.56. The van der Waals surface area contributed by atoms with Gasteiger partial charge in [0.1, 0.15) is 12.6 Å². The summed E-state index contributed by atoms with van der Waals surface area (Å²) < 4.78 is 17.3. The fourth-order valence-corrected chi connectivity index (χ4v) is 7.81. The third-order valence-corrected chi connectivity index (χ3v) is 11.9. The summed E-state index contributed by atoms with van der Waals surface area (Å²) in [5.41, 5.74) is 0. The first kappa shape index (κ1) is 62.0. The number of rotatable bonds is 48. The second kappa shape index (κ2) is 47.5. The Kier molecular flexibility index (Phi) is 45.3. The molecule has 0 aromatic carbocycles. The number of allylic oxidation sites excluding steroid dienone is 10. The number of carboxylic acid groups (broad SMARTS) is 1. The molecule has 2 atom stereocenters. The smallest absolute Gasteiger partial charge is 0.306 e. The van der Waals surface area contributed by atoms with Gasteiger partial charge in [-0.05, 0) is 57.8 Å². The zero-order chi connectivity index (χ0) is 47.7. The molecule has 0 spiro atoms. The summed E-state index contributed by atoms with van der Waals surface area (Å²) in [7, 11) is 5.42. The van der Waals surface area contributed by atoms with Crippen LogP contribution in [0.4, 0.5) is 0 Å². The Morgan fingerprint density at radius 3 is 1.28 bits per heavy atom. The van der Waals surface area contributed by atoms with Crippen LogP contribution in [-0.2, 0) is 28.6 Å². The SMILES string of the molecule is CC/C=C/C/C=C/C/C=C/C/C=C/C/C=C/CCCCCCCCC(=O)OCC(COCCC(C(=O)[O-])[N+](C)(C)C)OC(=O)CCCCCCCCCCCCCCCCCCCCC. The van der Waals surface area contributed by atoms with Gasteiger partial charge in [-0.15, -0.1) is 0 Å². The van der Waals surface area contributed by atoms with E-state index in [9.17, 15) is 19.5 Å². The highest BCUT2D eigenvalue weighted by Crippen LogP contribution is 2.16. The van der Waals surface area contributed by atoms with Crippen molar-refractivity contribution < 1.29 is 38.2 Å². The van der Waals surface area contributed by atoms with E-state index in [1.165, 1.54) is 116 Å². The normalized spacial score (nSPS) is 13.3. The van der Waals surface area contributed by atoms with E-state index in [0.29, 0.717) is 12.8 Å². The third-order valence-electron chi connectivity index (χ3n) is 11.9. The predicted molar refractivity (Wildman–Crippen MR) is 273 cm³/mol. The van der Waals surface area contributed by atoms with Crippen LogP contribution in [0.25, 0.3) is 0 Å². The molecular formula is C57H101NO7. The highest BCUT2D eigenvalue weighted by atomic mass is 16.6. The maximum atomic E-state index is 12.8. The zero-order valence-electron chi connectivity index (χ0n) is 42.9. The lowest BCUT2D eigenvalue weighted by Crippen LogP contribution is -2.55. The first-order chi connectivity index (χ1) is 31.6. The lowest BCUT2D eigenvalue weighted by molar-refractivity contribution is -0.889. The van der Waals surface area contributed by atoms with Crippen molar-refractivity contribution in [2.24, 2.45) is 0 Å². The van der Waals surface area contributed by atoms with Crippen LogP contribution < -0.4 is 5.11 Å². The maximum absolute atomic E-state index is 12.8. The summed E-state index contributed by atoms with van der Waals surface area (Å²) in [5, 5.41) is 11.7. The number of nitrogens with zero attached hydrogens (tertiary/aromatic N) is 1. The number of esters is 2. The number of hydrogen-bond donors (Lipinski definition) is 0. The molecule has 8 nitrogen and oxygen atoms in total. The van der Waals surface area contributed by atoms with Crippen molar-refractivity contribution >= 4 is 17.9 Å². The summed E-state index contributed by atoms with van der Waals surface area (Å²) in [6.07, 6.45) is 59.6. The van der Waals surface area contributed by atoms with Gasteiger partial charge in [-0.25, -0.2) is 0 Å². The number of carboxylic acids is 1. The first-order valence-electron chi connectivity index (χ1n) is 26.8. The minimum absolute atomic E-state index is 0.0365. The summed E-state index contributed by atoms with van der Waals surface area (Å²) >= 11 is 0. The Bertz CT molecular complexity index is 1250. The number of ether oxygens (including phenoxy) is 3. The Balaban J connectivity index is 4.24. The lowest BCUT2D eigenvalue weighted by Gasteiger charge is -2.34. The highest BCUT2D eigenvalue weighted by molar-refractivity contribution is 5.70. The van der Waals surface area contributed by atoms with Crippen molar-refractivity contribution in [2.45, 2.75) is 244 Å². The molecule has 0 fully saturated rings. The van der Waals surface area contributed by atoms with Gasteiger partial charge in [-0.2, -0.15) is 0 Å². The van der Waals surface area contributed by atoms with Crippen molar-refractivity contribution in [3.8, 4) is 0 Å². The van der Waals surface area contributed by atoms with E-state index >= 15 is 0 Å². The van der Waals surface area contributed by atoms with Gasteiger partial charge < -0.3 is 28.6 Å². The number of aliphatic carboxylic acids is 1. The lowest BCUT2D eigenvalue weighted by atomic mass is 10.0. The van der Waals surface area contributed by atoms with Gasteiger partial charge >= 0.3 is 11.9 Å². The molecule has 0 saturated heterocycles. The number of hydrogen-bond acceptors (Lipinski definition) is 7. The van der Waals surface area contributed by atoms with Crippen molar-refractivity contribution in [1.29, 1.82) is 0 Å². The molecule has 2 unspecified atom stereocenters. The van der Waals surface area contributed by atoms with E-state index in [1.807, 2.05) is 0 Å². The molecule has 0 aliphatic heterocycles. The molecule has 0 aliphatic carbocycles. The van der Waals surface area contributed by atoms with Crippen LogP contribution in [0.1, 0.15) is 232 Å². The van der Waals surface area contributed by atoms with Gasteiger partial charge in [0, 0.05) is 19.3 Å². The molecule has 0 rings (SSSR count). The Hall–Kier alpha value is -2.97. The minimum Gasteiger partial charge on any atom is -0.544 e. The second-order valence-corrected chi connectivity index (χ2v) is 19.1. The Morgan fingerprint density at radius 2 is 0.862 bits per heavy atom. The van der Waals surface area contributed by atoms with Crippen LogP contribution in [0.15, 0.2) is 60.8 Å². The molecule has 0 saturated carbocycles. The van der Waals surface area contributed by atoms with E-state index in [0.717, 1.165) is 83.5 Å². The van der Waals surface area contributed by atoms with Gasteiger partial charge in [0.05, 0.1) is 40.3 Å². The number of unbranched alkanes of at least 4 members (excludes halogenated alkanes) is 24. The van der Waals surface area contributed by atoms with Crippen LogP contribution in [0, 0.1) is 0 Å². The van der Waals surface area contributed by atoms with E-state index in [4.69, 9.17) is 14.2 Å². The van der Waals surface area contributed by atoms with Crippen molar-refractivity contribution in [3.63, 3.8) is 0 Å². The van der Waals surface area contributed by atoms with Crippen molar-refractivity contribution in [1.82, 2.24) is 0 Å². The minimum atomic E-state index is -1.13. The molecule has 0 aromatic heterocycles. The molecule has 0 aromatic rings. The fourth-order valence-electron chi connectivity index (χ4n) is 7.81. The van der Waals surface area contributed by atoms with Crippen LogP contribution in [-0.4, -0.2) is 75.5 Å². The van der Waals surface area contributed by atoms with Crippen LogP contribution in [0.3, 0.4) is 0 Å². The summed E-state index contributed by atoms with van der Waals surface area (Å²) in [6, 6.07) is -0.730. The van der Waals surface area contributed by atoms with Gasteiger partial charge in [-0.1, -0.05) is 216 Å². The topological polar surface area (TPSA) is 102 Å². The molecule has 0 amide bonds. The van der Waals surface area contributed by atoms with E-state index < -0.39 is 18.1 Å². The molecule has 0 heterocycles. The van der Waals surface area contributed by atoms with E-state index in [2.05, 4.69) is 74.6 Å². The van der Waals surface area contributed by atoms with Gasteiger partial charge in [-0.3, -0.25) is 9.59 Å².